The molecule has 0 atom stereocenters. The summed E-state index contributed by atoms with van der Waals surface area (Å²) in [5.74, 6) is 0.999. The minimum absolute atomic E-state index is 0. The highest BCUT2D eigenvalue weighted by Crippen LogP contribution is 2.11. The molecule has 0 aliphatic rings. The molecule has 0 spiro atoms. The first-order valence-electron chi connectivity index (χ1n) is 8.61. The van der Waals surface area contributed by atoms with E-state index in [1.807, 2.05) is 13.1 Å². The highest BCUT2D eigenvalue weighted by Gasteiger charge is 2.05. The molecule has 0 radical (unpaired) electrons. The number of hydrogen-bond donors (Lipinski definition) is 1. The van der Waals surface area contributed by atoms with E-state index in [4.69, 9.17) is 0 Å². The largest absolute Gasteiger partial charge is 0.356 e. The van der Waals surface area contributed by atoms with Crippen LogP contribution in [-0.4, -0.2) is 43.0 Å². The van der Waals surface area contributed by atoms with Crippen LogP contribution in [0.2, 0.25) is 0 Å². The molecule has 1 N–H and O–H groups in total. The first-order valence-corrected chi connectivity index (χ1v) is 9.49. The number of rotatable bonds is 11. The van der Waals surface area contributed by atoms with Crippen LogP contribution in [0.1, 0.15) is 49.2 Å². The summed E-state index contributed by atoms with van der Waals surface area (Å²) in [6, 6.07) is 0. The van der Waals surface area contributed by atoms with Crippen molar-refractivity contribution in [2.75, 3.05) is 27.2 Å². The molecule has 0 saturated carbocycles. The lowest BCUT2D eigenvalue weighted by atomic mass is 10.2. The lowest BCUT2D eigenvalue weighted by molar-refractivity contribution is 0.454. The van der Waals surface area contributed by atoms with E-state index in [1.54, 1.807) is 11.3 Å². The van der Waals surface area contributed by atoms with E-state index in [2.05, 4.69) is 46.1 Å². The highest BCUT2D eigenvalue weighted by atomic mass is 127. The number of nitrogens with one attached hydrogen (secondary N) is 1. The molecule has 6 heteroatoms. The number of allylic oxidation sites excluding steroid dienone is 1. The summed E-state index contributed by atoms with van der Waals surface area (Å²) in [6.45, 7) is 7.84. The molecule has 4 nitrogen and oxygen atoms in total. The van der Waals surface area contributed by atoms with E-state index in [0.717, 1.165) is 44.0 Å². The molecule has 138 valence electrons. The Labute approximate surface area is 168 Å². The summed E-state index contributed by atoms with van der Waals surface area (Å²) in [4.78, 5) is 11.1. The van der Waals surface area contributed by atoms with Gasteiger partial charge in [0, 0.05) is 38.3 Å². The Kier molecular flexibility index (Phi) is 14.3. The lowest BCUT2D eigenvalue weighted by Gasteiger charge is -2.22. The van der Waals surface area contributed by atoms with E-state index in [1.165, 1.54) is 30.7 Å². The van der Waals surface area contributed by atoms with Gasteiger partial charge >= 0.3 is 0 Å². The monoisotopic (exact) mass is 464 g/mol. The normalized spacial score (nSPS) is 11.0. The quantitative estimate of drug-likeness (QED) is 0.171. The van der Waals surface area contributed by atoms with Crippen molar-refractivity contribution in [1.82, 2.24) is 15.2 Å². The Morgan fingerprint density at radius 1 is 1.33 bits per heavy atom. The van der Waals surface area contributed by atoms with Crippen LogP contribution >= 0.6 is 35.3 Å². The molecular formula is C18H33IN4S. The summed E-state index contributed by atoms with van der Waals surface area (Å²) < 4.78 is 0. The Hall–Kier alpha value is -0.630. The molecule has 1 rings (SSSR count). The third-order valence-electron chi connectivity index (χ3n) is 3.74. The van der Waals surface area contributed by atoms with Crippen molar-refractivity contribution in [1.29, 1.82) is 0 Å². The van der Waals surface area contributed by atoms with Crippen LogP contribution in [0.25, 0.3) is 0 Å². The van der Waals surface area contributed by atoms with Gasteiger partial charge in [-0.3, -0.25) is 4.99 Å². The molecular weight excluding hydrogens is 431 g/mol. The van der Waals surface area contributed by atoms with Gasteiger partial charge in [0.25, 0.3) is 0 Å². The molecule has 0 saturated heterocycles. The molecule has 24 heavy (non-hydrogen) atoms. The van der Waals surface area contributed by atoms with Crippen molar-refractivity contribution in [3.8, 4) is 0 Å². The highest BCUT2D eigenvalue weighted by molar-refractivity contribution is 14.0. The predicted molar refractivity (Wildman–Crippen MR) is 118 cm³/mol. The molecule has 0 bridgehead atoms. The molecule has 0 aromatic carbocycles. The maximum atomic E-state index is 4.50. The van der Waals surface area contributed by atoms with Gasteiger partial charge in [0.1, 0.15) is 0 Å². The smallest absolute Gasteiger partial charge is 0.193 e. The number of aromatic nitrogens is 1. The number of aryl methyl sites for hydroxylation is 2. The number of nitrogens with zero attached hydrogens (tertiary/aromatic N) is 3. The van der Waals surface area contributed by atoms with Crippen LogP contribution in [0.5, 0.6) is 0 Å². The van der Waals surface area contributed by atoms with Crippen LogP contribution in [0.15, 0.2) is 23.0 Å². The molecule has 0 amide bonds. The van der Waals surface area contributed by atoms with Gasteiger partial charge in [0.05, 0.1) is 5.01 Å². The number of halogens is 1. The van der Waals surface area contributed by atoms with Gasteiger partial charge in [-0.15, -0.1) is 41.9 Å². The summed E-state index contributed by atoms with van der Waals surface area (Å²) in [6.07, 6.45) is 10.2. The Balaban J connectivity index is 0.00000529. The average Bonchev–Trinajstić information content (AvgIpc) is 2.96. The van der Waals surface area contributed by atoms with E-state index in [9.17, 15) is 0 Å². The fraction of sp³-hybridized carbons (Fsp3) is 0.667. The number of unbranched alkanes of at least 4 members (excludes halogenated alkanes) is 4. The van der Waals surface area contributed by atoms with Crippen molar-refractivity contribution in [3.63, 3.8) is 0 Å². The van der Waals surface area contributed by atoms with Gasteiger partial charge in [-0.1, -0.05) is 12.5 Å². The molecule has 0 aliphatic heterocycles. The van der Waals surface area contributed by atoms with Gasteiger partial charge in [-0.25, -0.2) is 4.98 Å². The molecule has 0 unspecified atom stereocenters. The molecule has 1 aromatic heterocycles. The molecule has 1 heterocycles. The second-order valence-corrected chi connectivity index (χ2v) is 6.82. The predicted octanol–water partition coefficient (Wildman–Crippen LogP) is 4.65. The molecule has 0 fully saturated rings. The van der Waals surface area contributed by atoms with Crippen LogP contribution in [-0.2, 0) is 6.42 Å². The molecule has 1 aromatic rings. The van der Waals surface area contributed by atoms with Crippen LogP contribution in [0, 0.1) is 6.92 Å². The maximum Gasteiger partial charge on any atom is 0.193 e. The topological polar surface area (TPSA) is 40.5 Å². The zero-order valence-electron chi connectivity index (χ0n) is 15.4. The number of thiazole rings is 1. The van der Waals surface area contributed by atoms with Gasteiger partial charge < -0.3 is 10.2 Å². The van der Waals surface area contributed by atoms with Crippen molar-refractivity contribution in [2.24, 2.45) is 4.99 Å². The van der Waals surface area contributed by atoms with E-state index in [-0.39, 0.29) is 24.0 Å². The van der Waals surface area contributed by atoms with Gasteiger partial charge in [-0.05, 0) is 45.4 Å². The minimum Gasteiger partial charge on any atom is -0.356 e. The Morgan fingerprint density at radius 3 is 2.75 bits per heavy atom. The third-order valence-corrected chi connectivity index (χ3v) is 4.77. The van der Waals surface area contributed by atoms with E-state index in [0.29, 0.717) is 0 Å². The second kappa shape index (κ2) is 14.7. The van der Waals surface area contributed by atoms with Crippen LogP contribution in [0.3, 0.4) is 0 Å². The number of hydrogen-bond acceptors (Lipinski definition) is 3. The first kappa shape index (κ1) is 23.4. The standard InChI is InChI=1S/C18H32N4S.HI/c1-5-6-7-8-11-14-22(4)18(19-3)20-13-10-9-12-17-21-16(2)15-23-17;/h5,15H,1,6-14H2,2-4H3,(H,19,20);1H. The molecule has 0 aliphatic carbocycles. The zero-order chi connectivity index (χ0) is 16.9. The van der Waals surface area contributed by atoms with Crippen molar-refractivity contribution < 1.29 is 0 Å². The average molecular weight is 464 g/mol. The SMILES string of the molecule is C=CCCCCCN(C)C(=NC)NCCCCc1nc(C)cs1.I. The second-order valence-electron chi connectivity index (χ2n) is 5.87. The van der Waals surface area contributed by atoms with Crippen LogP contribution < -0.4 is 5.32 Å². The van der Waals surface area contributed by atoms with Gasteiger partial charge in [0.2, 0.25) is 0 Å². The fourth-order valence-corrected chi connectivity index (χ4v) is 3.24. The maximum absolute atomic E-state index is 4.50. The summed E-state index contributed by atoms with van der Waals surface area (Å²) in [5, 5.41) is 6.83. The van der Waals surface area contributed by atoms with E-state index >= 15 is 0 Å². The fourth-order valence-electron chi connectivity index (χ4n) is 2.42. The third kappa shape index (κ3) is 10.3. The van der Waals surface area contributed by atoms with Crippen molar-refractivity contribution >= 4 is 41.3 Å². The summed E-state index contributed by atoms with van der Waals surface area (Å²) in [7, 11) is 3.97. The number of aliphatic imine (C=N–C) groups is 1. The van der Waals surface area contributed by atoms with Crippen molar-refractivity contribution in [3.05, 3.63) is 28.7 Å². The Morgan fingerprint density at radius 2 is 2.12 bits per heavy atom. The van der Waals surface area contributed by atoms with Crippen LogP contribution in [0.4, 0.5) is 0 Å². The Bertz CT molecular complexity index is 473. The minimum atomic E-state index is 0. The van der Waals surface area contributed by atoms with Crippen molar-refractivity contribution in [2.45, 2.75) is 51.9 Å². The lowest BCUT2D eigenvalue weighted by Crippen LogP contribution is -2.39. The van der Waals surface area contributed by atoms with E-state index < -0.39 is 0 Å². The number of guanidine groups is 1. The summed E-state index contributed by atoms with van der Waals surface area (Å²) >= 11 is 1.77. The first-order chi connectivity index (χ1) is 11.2. The van der Waals surface area contributed by atoms with Gasteiger partial charge in [-0.2, -0.15) is 0 Å². The zero-order valence-corrected chi connectivity index (χ0v) is 18.5. The van der Waals surface area contributed by atoms with Gasteiger partial charge in [0.15, 0.2) is 5.96 Å². The summed E-state index contributed by atoms with van der Waals surface area (Å²) in [5.41, 5.74) is 1.14.